The van der Waals surface area contributed by atoms with Gasteiger partial charge in [0.1, 0.15) is 5.75 Å². The van der Waals surface area contributed by atoms with Crippen LogP contribution in [0.5, 0.6) is 5.75 Å². The predicted octanol–water partition coefficient (Wildman–Crippen LogP) is 4.01. The fraction of sp³-hybridized carbons (Fsp3) is 0.368. The van der Waals surface area contributed by atoms with Gasteiger partial charge in [0.15, 0.2) is 0 Å². The minimum atomic E-state index is -0.675. The Kier molecular flexibility index (Phi) is 7.52. The van der Waals surface area contributed by atoms with E-state index in [9.17, 15) is 4.79 Å². The Hall–Kier alpha value is -1.77. The van der Waals surface area contributed by atoms with Crippen molar-refractivity contribution in [2.45, 2.75) is 31.7 Å². The molecular weight excluding hydrogens is 430 g/mol. The molecule has 0 aliphatic rings. The van der Waals surface area contributed by atoms with Gasteiger partial charge in [0, 0.05) is 21.8 Å². The first kappa shape index (κ1) is 21.5. The zero-order valence-corrected chi connectivity index (χ0v) is 18.4. The topological polar surface area (TPSA) is 72.5 Å². The lowest BCUT2D eigenvalue weighted by Crippen LogP contribution is -2.47. The van der Waals surface area contributed by atoms with Gasteiger partial charge in [0.25, 0.3) is 5.91 Å². The highest BCUT2D eigenvalue weighted by atomic mass is 79.9. The van der Waals surface area contributed by atoms with E-state index in [1.165, 1.54) is 18.9 Å². The minimum Gasteiger partial charge on any atom is -0.470 e. The summed E-state index contributed by atoms with van der Waals surface area (Å²) in [7, 11) is 1.54. The molecule has 2 rings (SSSR count). The molecule has 0 fully saturated rings. The molecule has 1 unspecified atom stereocenters. The molecule has 0 radical (unpaired) electrons. The van der Waals surface area contributed by atoms with Crippen LogP contribution < -0.4 is 15.5 Å². The van der Waals surface area contributed by atoms with Crippen molar-refractivity contribution in [3.63, 3.8) is 0 Å². The molecule has 0 aliphatic carbocycles. The number of thioether (sulfide) groups is 1. The number of benzene rings is 1. The van der Waals surface area contributed by atoms with Crippen molar-refractivity contribution >= 4 is 44.5 Å². The number of nitrogens with one attached hydrogen (secondary N) is 2. The van der Waals surface area contributed by atoms with Gasteiger partial charge in [-0.1, -0.05) is 0 Å². The monoisotopic (exact) mass is 453 g/mol. The largest absolute Gasteiger partial charge is 0.470 e. The molecule has 0 bridgehead atoms. The molecule has 146 valence electrons. The average molecular weight is 454 g/mol. The highest BCUT2D eigenvalue weighted by Gasteiger charge is 2.25. The molecule has 8 heteroatoms. The number of nitrogens with zero attached hydrogens (tertiary/aromatic N) is 1. The third-order valence-electron chi connectivity index (χ3n) is 3.58. The van der Waals surface area contributed by atoms with E-state index in [0.29, 0.717) is 5.75 Å². The minimum absolute atomic E-state index is 0.207. The Morgan fingerprint density at radius 3 is 2.78 bits per heavy atom. The highest BCUT2D eigenvalue weighted by molar-refractivity contribution is 9.10. The van der Waals surface area contributed by atoms with Crippen molar-refractivity contribution in [1.29, 1.82) is 0 Å². The van der Waals surface area contributed by atoms with Crippen LogP contribution in [-0.4, -0.2) is 35.2 Å². The zero-order chi connectivity index (χ0) is 20.0. The lowest BCUT2D eigenvalue weighted by Gasteiger charge is -2.26. The lowest BCUT2D eigenvalue weighted by atomic mass is 10.0. The lowest BCUT2D eigenvalue weighted by molar-refractivity contribution is -0.125. The van der Waals surface area contributed by atoms with E-state index >= 15 is 0 Å². The van der Waals surface area contributed by atoms with E-state index in [-0.39, 0.29) is 5.91 Å². The molecule has 27 heavy (non-hydrogen) atoms. The summed E-state index contributed by atoms with van der Waals surface area (Å²) in [6.07, 6.45) is 5.46. The summed E-state index contributed by atoms with van der Waals surface area (Å²) >= 11 is 4.75. The fourth-order valence-corrected chi connectivity index (χ4v) is 3.46. The number of rotatable bonds is 8. The number of carbonyl (C=O) groups is 1. The third-order valence-corrected chi connectivity index (χ3v) is 4.75. The number of aromatic nitrogens is 1. The second kappa shape index (κ2) is 9.43. The highest BCUT2D eigenvalue weighted by Crippen LogP contribution is 2.25. The first-order valence-corrected chi connectivity index (χ1v) is 10.4. The Labute approximate surface area is 172 Å². The van der Waals surface area contributed by atoms with Gasteiger partial charge in [-0.2, -0.15) is 0 Å². The van der Waals surface area contributed by atoms with Crippen molar-refractivity contribution in [2.75, 3.05) is 13.4 Å². The summed E-state index contributed by atoms with van der Waals surface area (Å²) in [5.74, 6) is 0.406. The van der Waals surface area contributed by atoms with Crippen LogP contribution in [0, 0.1) is 0 Å². The molecule has 0 saturated carbocycles. The molecule has 1 amide bonds. The first-order valence-electron chi connectivity index (χ1n) is 8.29. The molecule has 1 atom stereocenters. The van der Waals surface area contributed by atoms with Crippen molar-refractivity contribution in [3.8, 4) is 5.75 Å². The number of amides is 1. The Bertz CT molecular complexity index is 842. The van der Waals surface area contributed by atoms with Crippen LogP contribution in [0.4, 0.5) is 0 Å². The molecule has 2 N–H and O–H groups in total. The van der Waals surface area contributed by atoms with Crippen molar-refractivity contribution in [1.82, 2.24) is 15.8 Å². The smallest absolute Gasteiger partial charge is 0.272 e. The number of halogens is 1. The number of hydroxylamine groups is 1. The normalized spacial score (nSPS) is 13.3. The van der Waals surface area contributed by atoms with Crippen LogP contribution in [0.25, 0.3) is 10.9 Å². The fourth-order valence-electron chi connectivity index (χ4n) is 2.63. The maximum atomic E-state index is 12.7. The average Bonchev–Trinajstić information content (AvgIpc) is 2.58. The van der Waals surface area contributed by atoms with Gasteiger partial charge in [-0.25, -0.2) is 0 Å². The maximum absolute atomic E-state index is 12.7. The Morgan fingerprint density at radius 2 is 2.11 bits per heavy atom. The summed E-state index contributed by atoms with van der Waals surface area (Å²) in [4.78, 5) is 21.9. The zero-order valence-electron chi connectivity index (χ0n) is 16.0. The summed E-state index contributed by atoms with van der Waals surface area (Å²) in [6, 6.07) is 7.53. The van der Waals surface area contributed by atoms with Gasteiger partial charge in [-0.05, 0) is 73.3 Å². The second-order valence-electron chi connectivity index (χ2n) is 6.54. The Morgan fingerprint density at radius 1 is 1.37 bits per heavy atom. The van der Waals surface area contributed by atoms with Gasteiger partial charge >= 0.3 is 0 Å². The van der Waals surface area contributed by atoms with Gasteiger partial charge < -0.3 is 10.1 Å². The number of pyridine rings is 1. The summed E-state index contributed by atoms with van der Waals surface area (Å²) in [5, 5.41) is 3.92. The number of ether oxygens (including phenoxy) is 1. The predicted molar refractivity (Wildman–Crippen MR) is 113 cm³/mol. The molecule has 1 aromatic carbocycles. The third kappa shape index (κ3) is 6.41. The van der Waals surface area contributed by atoms with Crippen LogP contribution in [0.1, 0.15) is 20.8 Å². The molecule has 0 spiro atoms. The molecule has 0 aliphatic heterocycles. The van der Waals surface area contributed by atoms with Crippen LogP contribution in [0.2, 0.25) is 0 Å². The number of allylic oxidation sites excluding steroid dienone is 1. The molecule has 0 saturated heterocycles. The first-order chi connectivity index (χ1) is 12.7. The quantitative estimate of drug-likeness (QED) is 0.464. The van der Waals surface area contributed by atoms with Gasteiger partial charge in [0.05, 0.1) is 18.2 Å². The van der Waals surface area contributed by atoms with E-state index in [1.54, 1.807) is 6.20 Å². The molecular formula is C19H24BrN3O3S. The standard InChI is InChI=1S/C19H24BrN3O3S/c1-12(23-25-4)10-19(2,3)22-17(24)18(27-5)26-15-6-7-16-13(9-15)8-14(20)11-21-16/h6-11,18,23H,1-5H3,(H,22,24). The number of fused-ring (bicyclic) bond motifs is 1. The van der Waals surface area contributed by atoms with E-state index in [0.717, 1.165) is 21.1 Å². The van der Waals surface area contributed by atoms with Gasteiger partial charge in [-0.15, -0.1) is 11.8 Å². The van der Waals surface area contributed by atoms with Crippen LogP contribution >= 0.6 is 27.7 Å². The van der Waals surface area contributed by atoms with Gasteiger partial charge in [-0.3, -0.25) is 20.1 Å². The summed E-state index contributed by atoms with van der Waals surface area (Å²) in [6.45, 7) is 5.67. The second-order valence-corrected chi connectivity index (χ2v) is 8.35. The molecule has 6 nitrogen and oxygen atoms in total. The number of hydrogen-bond acceptors (Lipinski definition) is 6. The van der Waals surface area contributed by atoms with E-state index in [1.807, 2.05) is 57.4 Å². The van der Waals surface area contributed by atoms with Crippen molar-refractivity contribution < 1.29 is 14.4 Å². The number of hydrogen-bond donors (Lipinski definition) is 2. The van der Waals surface area contributed by atoms with Crippen molar-refractivity contribution in [3.05, 3.63) is 46.7 Å². The molecule has 1 heterocycles. The Balaban J connectivity index is 2.12. The van der Waals surface area contributed by atoms with E-state index in [4.69, 9.17) is 9.57 Å². The summed E-state index contributed by atoms with van der Waals surface area (Å²) in [5.41, 5.74) is 3.17. The molecule has 1 aromatic heterocycles. The van der Waals surface area contributed by atoms with Crippen molar-refractivity contribution in [2.24, 2.45) is 0 Å². The van der Waals surface area contributed by atoms with E-state index < -0.39 is 11.0 Å². The van der Waals surface area contributed by atoms with Gasteiger partial charge in [0.2, 0.25) is 5.44 Å². The number of carbonyl (C=O) groups excluding carboxylic acids is 1. The maximum Gasteiger partial charge on any atom is 0.272 e. The van der Waals surface area contributed by atoms with Crippen LogP contribution in [0.15, 0.2) is 46.7 Å². The van der Waals surface area contributed by atoms with Crippen LogP contribution in [0.3, 0.4) is 0 Å². The SMILES string of the molecule is CONC(C)=CC(C)(C)NC(=O)C(Oc1ccc2ncc(Br)cc2c1)SC. The van der Waals surface area contributed by atoms with E-state index in [2.05, 4.69) is 31.7 Å². The summed E-state index contributed by atoms with van der Waals surface area (Å²) < 4.78 is 6.81. The van der Waals surface area contributed by atoms with Crippen LogP contribution in [-0.2, 0) is 9.63 Å². The molecule has 2 aromatic rings.